The summed E-state index contributed by atoms with van der Waals surface area (Å²) in [4.78, 5) is 25.9. The molecule has 1 unspecified atom stereocenters. The van der Waals surface area contributed by atoms with E-state index in [1.807, 2.05) is 29.3 Å². The molecule has 2 N–H and O–H groups in total. The van der Waals surface area contributed by atoms with Gasteiger partial charge in [-0.25, -0.2) is 4.98 Å². The van der Waals surface area contributed by atoms with Gasteiger partial charge in [0.1, 0.15) is 17.1 Å². The largest absolute Gasteiger partial charge is 0.494 e. The summed E-state index contributed by atoms with van der Waals surface area (Å²) in [7, 11) is 1.69. The molecular weight excluding hydrogens is 502 g/mol. The second-order valence-corrected chi connectivity index (χ2v) is 12.6. The van der Waals surface area contributed by atoms with E-state index in [4.69, 9.17) is 25.2 Å². The molecule has 2 saturated heterocycles. The number of aromatic nitrogens is 3. The molecule has 2 saturated carbocycles. The number of hydrogen-bond donors (Lipinski definition) is 1. The summed E-state index contributed by atoms with van der Waals surface area (Å²) in [5.74, 6) is 3.50. The first kappa shape index (κ1) is 24.6. The number of fused-ring (bicyclic) bond motifs is 4. The summed E-state index contributed by atoms with van der Waals surface area (Å²) in [6.07, 6.45) is 11.0. The van der Waals surface area contributed by atoms with Gasteiger partial charge in [-0.2, -0.15) is 0 Å². The van der Waals surface area contributed by atoms with Gasteiger partial charge in [0.25, 0.3) is 5.91 Å². The third-order valence-corrected chi connectivity index (χ3v) is 10.1. The zero-order chi connectivity index (χ0) is 27.0. The van der Waals surface area contributed by atoms with Crippen LogP contribution in [0.1, 0.15) is 71.9 Å². The predicted molar refractivity (Wildman–Crippen MR) is 153 cm³/mol. The summed E-state index contributed by atoms with van der Waals surface area (Å²) in [6, 6.07) is 8.28. The summed E-state index contributed by atoms with van der Waals surface area (Å²) < 4.78 is 14.1. The van der Waals surface area contributed by atoms with Crippen LogP contribution in [0.3, 0.4) is 0 Å². The number of nitrogens with two attached hydrogens (primary N) is 1. The molecule has 1 amide bonds. The van der Waals surface area contributed by atoms with Gasteiger partial charge >= 0.3 is 0 Å². The maximum Gasteiger partial charge on any atom is 0.254 e. The van der Waals surface area contributed by atoms with Gasteiger partial charge in [0.05, 0.1) is 24.9 Å². The zero-order valence-corrected chi connectivity index (χ0v) is 23.1. The van der Waals surface area contributed by atoms with Gasteiger partial charge in [0, 0.05) is 60.9 Å². The fourth-order valence-corrected chi connectivity index (χ4v) is 7.75. The SMILES string of the molecule is COc1cc(C(=O)N2C[C@H]3CC[C@@H]2[C@@H]3N)cc2nc(C3=Cc4cccnc4C3CC3CC3)n(C[C@@H]3CCOC3)c12. The van der Waals surface area contributed by atoms with Crippen molar-refractivity contribution in [1.82, 2.24) is 19.4 Å². The molecule has 3 aliphatic carbocycles. The number of benzene rings is 1. The van der Waals surface area contributed by atoms with Crippen LogP contribution in [-0.4, -0.2) is 64.3 Å². The van der Waals surface area contributed by atoms with Crippen molar-refractivity contribution in [3.63, 3.8) is 0 Å². The van der Waals surface area contributed by atoms with E-state index in [2.05, 4.69) is 16.7 Å². The third kappa shape index (κ3) is 3.90. The fourth-order valence-electron chi connectivity index (χ4n) is 7.75. The van der Waals surface area contributed by atoms with Crippen LogP contribution in [0.5, 0.6) is 5.75 Å². The smallest absolute Gasteiger partial charge is 0.254 e. The fraction of sp³-hybridized carbons (Fsp3) is 0.531. The van der Waals surface area contributed by atoms with Crippen molar-refractivity contribution >= 4 is 28.6 Å². The molecule has 4 heterocycles. The predicted octanol–water partition coefficient (Wildman–Crippen LogP) is 4.48. The van der Waals surface area contributed by atoms with E-state index in [0.29, 0.717) is 23.1 Å². The molecule has 0 spiro atoms. The van der Waals surface area contributed by atoms with Crippen molar-refractivity contribution in [2.75, 3.05) is 26.9 Å². The first-order chi connectivity index (χ1) is 19.6. The number of nitrogens with zero attached hydrogens (tertiary/aromatic N) is 4. The number of likely N-dealkylation sites (tertiary alicyclic amines) is 1. The van der Waals surface area contributed by atoms with Crippen molar-refractivity contribution in [2.45, 2.75) is 63.1 Å². The van der Waals surface area contributed by atoms with Crippen LogP contribution in [0.2, 0.25) is 0 Å². The Balaban J connectivity index is 1.25. The lowest BCUT2D eigenvalue weighted by Crippen LogP contribution is -2.41. The molecule has 2 bridgehead atoms. The molecular formula is C32H37N5O3. The number of piperidine rings is 1. The Morgan fingerprint density at radius 3 is 2.80 bits per heavy atom. The summed E-state index contributed by atoms with van der Waals surface area (Å²) in [5, 5.41) is 0. The molecule has 8 nitrogen and oxygen atoms in total. The minimum absolute atomic E-state index is 0.0337. The van der Waals surface area contributed by atoms with Gasteiger partial charge in [-0.15, -0.1) is 0 Å². The number of methoxy groups -OCH3 is 1. The number of amides is 1. The molecule has 0 radical (unpaired) electrons. The topological polar surface area (TPSA) is 95.5 Å². The van der Waals surface area contributed by atoms with Crippen LogP contribution in [0, 0.1) is 17.8 Å². The molecule has 208 valence electrons. The van der Waals surface area contributed by atoms with Crippen molar-refractivity contribution in [1.29, 1.82) is 0 Å². The minimum atomic E-state index is 0.0337. The minimum Gasteiger partial charge on any atom is -0.494 e. The maximum absolute atomic E-state index is 13.8. The number of pyridine rings is 1. The monoisotopic (exact) mass is 539 g/mol. The molecule has 2 aliphatic heterocycles. The Hall–Kier alpha value is -3.23. The normalized spacial score (nSPS) is 28.9. The van der Waals surface area contributed by atoms with E-state index >= 15 is 0 Å². The van der Waals surface area contributed by atoms with Crippen LogP contribution in [-0.2, 0) is 11.3 Å². The first-order valence-electron chi connectivity index (χ1n) is 15.0. The Labute approximate surface area is 234 Å². The highest BCUT2D eigenvalue weighted by Gasteiger charge is 2.47. The molecule has 4 fully saturated rings. The Bertz CT molecular complexity index is 1520. The van der Waals surface area contributed by atoms with Crippen molar-refractivity contribution in [2.24, 2.45) is 23.5 Å². The number of imidazole rings is 1. The number of ether oxygens (including phenoxy) is 2. The standard InChI is InChI=1S/C32H37N5O3/c1-39-27-14-22(32(38)36-16-21-6-7-26(36)28(21)33)13-25-30(27)37(15-19-8-10-40-17-19)31(35-25)24-12-20-3-2-9-34-29(20)23(24)11-18-4-5-18/h2-3,9,12-14,18-19,21,23,26,28H,4-8,10-11,15-17,33H2,1H3/t19-,21+,23?,26+,28+/m0/s1. The lowest BCUT2D eigenvalue weighted by molar-refractivity contribution is 0.0700. The second-order valence-electron chi connectivity index (χ2n) is 12.6. The van der Waals surface area contributed by atoms with E-state index < -0.39 is 0 Å². The van der Waals surface area contributed by atoms with Crippen LogP contribution >= 0.6 is 0 Å². The molecule has 5 aliphatic rings. The number of rotatable bonds is 7. The molecule has 3 aromatic rings. The van der Waals surface area contributed by atoms with Gasteiger partial charge < -0.3 is 24.7 Å². The molecule has 1 aromatic carbocycles. The van der Waals surface area contributed by atoms with Crippen molar-refractivity contribution in [3.8, 4) is 5.75 Å². The van der Waals surface area contributed by atoms with E-state index in [0.717, 1.165) is 80.5 Å². The average Bonchev–Trinajstić information content (AvgIpc) is 3.34. The number of carbonyl (C=O) groups is 1. The summed E-state index contributed by atoms with van der Waals surface area (Å²) >= 11 is 0. The summed E-state index contributed by atoms with van der Waals surface area (Å²) in [5.41, 5.74) is 12.4. The molecule has 8 rings (SSSR count). The van der Waals surface area contributed by atoms with Crippen LogP contribution in [0.4, 0.5) is 0 Å². The first-order valence-corrected chi connectivity index (χ1v) is 15.0. The Morgan fingerprint density at radius 1 is 1.18 bits per heavy atom. The van der Waals surface area contributed by atoms with Crippen molar-refractivity contribution in [3.05, 3.63) is 53.1 Å². The van der Waals surface area contributed by atoms with Gasteiger partial charge in [0.15, 0.2) is 0 Å². The number of hydrogen-bond acceptors (Lipinski definition) is 6. The second kappa shape index (κ2) is 9.42. The highest BCUT2D eigenvalue weighted by atomic mass is 16.5. The number of carbonyl (C=O) groups excluding carboxylic acids is 1. The van der Waals surface area contributed by atoms with E-state index in [9.17, 15) is 4.79 Å². The lowest BCUT2D eigenvalue weighted by atomic mass is 9.93. The molecule has 8 heteroatoms. The van der Waals surface area contributed by atoms with Crippen LogP contribution < -0.4 is 10.5 Å². The number of allylic oxidation sites excluding steroid dienone is 1. The highest BCUT2D eigenvalue weighted by Crippen LogP contribution is 2.49. The molecule has 40 heavy (non-hydrogen) atoms. The Morgan fingerprint density at radius 2 is 2.08 bits per heavy atom. The van der Waals surface area contributed by atoms with Gasteiger partial charge in [-0.1, -0.05) is 18.9 Å². The van der Waals surface area contributed by atoms with Gasteiger partial charge in [-0.3, -0.25) is 9.78 Å². The van der Waals surface area contributed by atoms with Crippen LogP contribution in [0.25, 0.3) is 22.7 Å². The highest BCUT2D eigenvalue weighted by molar-refractivity contribution is 6.01. The lowest BCUT2D eigenvalue weighted by Gasteiger charge is -2.27. The third-order valence-electron chi connectivity index (χ3n) is 10.1. The van der Waals surface area contributed by atoms with Crippen molar-refractivity contribution < 1.29 is 14.3 Å². The quantitative estimate of drug-likeness (QED) is 0.476. The van der Waals surface area contributed by atoms with E-state index in [-0.39, 0.29) is 23.9 Å². The maximum atomic E-state index is 13.8. The molecule has 2 aromatic heterocycles. The van der Waals surface area contributed by atoms with E-state index in [1.54, 1.807) is 7.11 Å². The zero-order valence-electron chi connectivity index (χ0n) is 23.1. The van der Waals surface area contributed by atoms with Gasteiger partial charge in [-0.05, 0) is 67.4 Å². The van der Waals surface area contributed by atoms with E-state index in [1.165, 1.54) is 24.0 Å². The van der Waals surface area contributed by atoms with Gasteiger partial charge in [0.2, 0.25) is 0 Å². The Kier molecular flexibility index (Phi) is 5.78. The summed E-state index contributed by atoms with van der Waals surface area (Å²) in [6.45, 7) is 3.10. The average molecular weight is 540 g/mol. The molecule has 5 atom stereocenters. The van der Waals surface area contributed by atoms with Crippen LogP contribution in [0.15, 0.2) is 30.5 Å².